The minimum absolute atomic E-state index is 0.186. The van der Waals surface area contributed by atoms with Gasteiger partial charge in [0.25, 0.3) is 0 Å². The maximum atomic E-state index is 11.6. The first-order valence-electron chi connectivity index (χ1n) is 9.55. The highest BCUT2D eigenvalue weighted by molar-refractivity contribution is 5.72. The van der Waals surface area contributed by atoms with Gasteiger partial charge in [-0.1, -0.05) is 25.7 Å². The number of nitrogens with zero attached hydrogens (tertiary/aromatic N) is 1. The van der Waals surface area contributed by atoms with Crippen LogP contribution in [0.3, 0.4) is 0 Å². The fourth-order valence-electron chi connectivity index (χ4n) is 3.98. The van der Waals surface area contributed by atoms with Crippen LogP contribution in [-0.2, 0) is 14.4 Å². The molecule has 0 radical (unpaired) electrons. The van der Waals surface area contributed by atoms with Gasteiger partial charge in [-0.2, -0.15) is 5.06 Å². The summed E-state index contributed by atoms with van der Waals surface area (Å²) in [6, 6.07) is 0. The Hall–Kier alpha value is -1.18. The molecule has 0 aliphatic carbocycles. The van der Waals surface area contributed by atoms with E-state index >= 15 is 0 Å². The van der Waals surface area contributed by atoms with Crippen LogP contribution in [-0.4, -0.2) is 55.6 Å². The van der Waals surface area contributed by atoms with Crippen LogP contribution in [0.5, 0.6) is 0 Å². The fraction of sp³-hybridized carbons (Fsp3) is 0.895. The number of hydrogen-bond donors (Lipinski definition) is 3. The molecular weight excluding hydrogens is 338 g/mol. The van der Waals surface area contributed by atoms with Crippen molar-refractivity contribution in [1.29, 1.82) is 0 Å². The number of hydroxylamine groups is 2. The highest BCUT2D eigenvalue weighted by Crippen LogP contribution is 2.39. The van der Waals surface area contributed by atoms with Crippen LogP contribution in [0.4, 0.5) is 0 Å². The topological polar surface area (TPSA) is 107 Å². The maximum absolute atomic E-state index is 11.6. The van der Waals surface area contributed by atoms with Gasteiger partial charge in [0, 0.05) is 17.5 Å². The number of aliphatic hydroxyl groups excluding tert-OH is 1. The molecular formula is C19H35NO6. The Bertz CT molecular complexity index is 459. The summed E-state index contributed by atoms with van der Waals surface area (Å²) in [5.41, 5.74) is -0.905. The minimum Gasteiger partial charge on any atom is -0.481 e. The van der Waals surface area contributed by atoms with Crippen LogP contribution in [0.1, 0.15) is 85.5 Å². The van der Waals surface area contributed by atoms with Crippen LogP contribution in [0.2, 0.25) is 0 Å². The van der Waals surface area contributed by atoms with Gasteiger partial charge in [-0.05, 0) is 53.4 Å². The Morgan fingerprint density at radius 1 is 1.00 bits per heavy atom. The second kappa shape index (κ2) is 9.67. The van der Waals surface area contributed by atoms with Gasteiger partial charge in [0.2, 0.25) is 0 Å². The minimum atomic E-state index is -0.978. The Balaban J connectivity index is 2.51. The molecule has 0 aromatic rings. The standard InChI is InChI=1S/C19H35NO6/c1-18(2)12-14(21)13-19(3,4)20(18)26-15(17(24)25)10-8-6-5-7-9-11-16(22)23/h14-15,21H,5-13H2,1-4H3,(H,22,23)(H,24,25). The van der Waals surface area contributed by atoms with E-state index in [-0.39, 0.29) is 6.42 Å². The van der Waals surface area contributed by atoms with E-state index in [1.807, 2.05) is 27.7 Å². The lowest BCUT2D eigenvalue weighted by Crippen LogP contribution is -2.62. The molecule has 0 aromatic carbocycles. The zero-order chi connectivity index (χ0) is 20.0. The van der Waals surface area contributed by atoms with Crippen molar-refractivity contribution in [3.8, 4) is 0 Å². The molecule has 7 heteroatoms. The first-order chi connectivity index (χ1) is 12.0. The van der Waals surface area contributed by atoms with Crippen molar-refractivity contribution in [3.05, 3.63) is 0 Å². The van der Waals surface area contributed by atoms with Gasteiger partial charge >= 0.3 is 11.9 Å². The molecule has 3 N–H and O–H groups in total. The van der Waals surface area contributed by atoms with E-state index in [0.717, 1.165) is 25.7 Å². The predicted molar refractivity (Wildman–Crippen MR) is 97.7 cm³/mol. The number of hydrogen-bond acceptors (Lipinski definition) is 5. The highest BCUT2D eigenvalue weighted by atomic mass is 16.7. The van der Waals surface area contributed by atoms with Crippen molar-refractivity contribution in [2.75, 3.05) is 0 Å². The summed E-state index contributed by atoms with van der Waals surface area (Å²) in [5, 5.41) is 30.0. The highest BCUT2D eigenvalue weighted by Gasteiger charge is 2.47. The summed E-state index contributed by atoms with van der Waals surface area (Å²) in [6.07, 6.45) is 4.31. The Kier molecular flexibility index (Phi) is 8.50. The zero-order valence-electron chi connectivity index (χ0n) is 16.5. The average Bonchev–Trinajstić information content (AvgIpc) is 2.45. The number of aliphatic hydroxyl groups is 1. The molecule has 0 aromatic heterocycles. The van der Waals surface area contributed by atoms with Gasteiger partial charge in [0.15, 0.2) is 6.10 Å². The van der Waals surface area contributed by atoms with E-state index in [4.69, 9.17) is 9.94 Å². The van der Waals surface area contributed by atoms with E-state index in [0.29, 0.717) is 25.7 Å². The van der Waals surface area contributed by atoms with E-state index in [1.165, 1.54) is 0 Å². The van der Waals surface area contributed by atoms with Crippen molar-refractivity contribution in [1.82, 2.24) is 5.06 Å². The molecule has 1 aliphatic rings. The third kappa shape index (κ3) is 7.21. The van der Waals surface area contributed by atoms with Crippen LogP contribution in [0, 0.1) is 0 Å². The lowest BCUT2D eigenvalue weighted by atomic mass is 9.80. The van der Waals surface area contributed by atoms with E-state index in [1.54, 1.807) is 5.06 Å². The lowest BCUT2D eigenvalue weighted by molar-refractivity contribution is -0.311. The summed E-state index contributed by atoms with van der Waals surface area (Å²) >= 11 is 0. The van der Waals surface area contributed by atoms with E-state index in [2.05, 4.69) is 0 Å². The monoisotopic (exact) mass is 373 g/mol. The van der Waals surface area contributed by atoms with E-state index in [9.17, 15) is 19.8 Å². The van der Waals surface area contributed by atoms with Gasteiger partial charge in [-0.15, -0.1) is 0 Å². The maximum Gasteiger partial charge on any atom is 0.334 e. The molecule has 1 saturated heterocycles. The molecule has 1 fully saturated rings. The molecule has 152 valence electrons. The van der Waals surface area contributed by atoms with Crippen molar-refractivity contribution in [2.24, 2.45) is 0 Å². The largest absolute Gasteiger partial charge is 0.481 e. The van der Waals surface area contributed by atoms with Crippen LogP contribution in [0.15, 0.2) is 0 Å². The zero-order valence-corrected chi connectivity index (χ0v) is 16.5. The molecule has 1 aliphatic heterocycles. The number of piperidine rings is 1. The van der Waals surface area contributed by atoms with Crippen molar-refractivity contribution in [2.45, 2.75) is 109 Å². The first-order valence-corrected chi connectivity index (χ1v) is 9.55. The number of carboxylic acid groups (broad SMARTS) is 2. The molecule has 0 amide bonds. The number of carbonyl (C=O) groups is 2. The molecule has 1 heterocycles. The van der Waals surface area contributed by atoms with Gasteiger partial charge in [-0.25, -0.2) is 4.79 Å². The van der Waals surface area contributed by atoms with E-state index < -0.39 is 35.2 Å². The summed E-state index contributed by atoms with van der Waals surface area (Å²) < 4.78 is 0. The molecule has 0 saturated carbocycles. The summed E-state index contributed by atoms with van der Waals surface area (Å²) in [7, 11) is 0. The van der Waals surface area contributed by atoms with Crippen LogP contribution < -0.4 is 0 Å². The first kappa shape index (κ1) is 22.9. The molecule has 1 rings (SSSR count). The number of aliphatic carboxylic acids is 2. The van der Waals surface area contributed by atoms with Crippen LogP contribution in [0.25, 0.3) is 0 Å². The molecule has 1 atom stereocenters. The van der Waals surface area contributed by atoms with Crippen molar-refractivity contribution in [3.63, 3.8) is 0 Å². The average molecular weight is 373 g/mol. The number of unbranched alkanes of at least 4 members (excludes halogenated alkanes) is 4. The normalized spacial score (nSPS) is 21.4. The lowest BCUT2D eigenvalue weighted by Gasteiger charge is -2.53. The summed E-state index contributed by atoms with van der Waals surface area (Å²) in [5.74, 6) is -1.75. The Morgan fingerprint density at radius 2 is 1.50 bits per heavy atom. The third-order valence-electron chi connectivity index (χ3n) is 4.93. The fourth-order valence-corrected chi connectivity index (χ4v) is 3.98. The second-order valence-corrected chi connectivity index (χ2v) is 8.61. The smallest absolute Gasteiger partial charge is 0.334 e. The predicted octanol–water partition coefficient (Wildman–Crippen LogP) is 3.20. The number of carboxylic acids is 2. The number of rotatable bonds is 11. The van der Waals surface area contributed by atoms with Crippen molar-refractivity contribution >= 4 is 11.9 Å². The molecule has 0 bridgehead atoms. The molecule has 1 unspecified atom stereocenters. The van der Waals surface area contributed by atoms with Crippen LogP contribution >= 0.6 is 0 Å². The van der Waals surface area contributed by atoms with Gasteiger partial charge in [-0.3, -0.25) is 9.63 Å². The second-order valence-electron chi connectivity index (χ2n) is 8.61. The van der Waals surface area contributed by atoms with Crippen molar-refractivity contribution < 1.29 is 29.7 Å². The summed E-state index contributed by atoms with van der Waals surface area (Å²) in [6.45, 7) is 7.83. The van der Waals surface area contributed by atoms with Gasteiger partial charge in [0.05, 0.1) is 6.10 Å². The third-order valence-corrected chi connectivity index (χ3v) is 4.93. The Labute approximate surface area is 156 Å². The Morgan fingerprint density at radius 3 is 2.00 bits per heavy atom. The van der Waals surface area contributed by atoms with Gasteiger partial charge in [0.1, 0.15) is 0 Å². The summed E-state index contributed by atoms with van der Waals surface area (Å²) in [4.78, 5) is 28.0. The molecule has 7 nitrogen and oxygen atoms in total. The van der Waals surface area contributed by atoms with Gasteiger partial charge < -0.3 is 15.3 Å². The molecule has 26 heavy (non-hydrogen) atoms. The quantitative estimate of drug-likeness (QED) is 0.477. The SMILES string of the molecule is CC1(C)CC(O)CC(C)(C)N1OC(CCCCCCCC(=O)O)C(=O)O. The molecule has 0 spiro atoms.